The van der Waals surface area contributed by atoms with Gasteiger partial charge in [0.15, 0.2) is 0 Å². The number of fused-ring (bicyclic) bond motifs is 3. The number of amides is 1. The van der Waals surface area contributed by atoms with Gasteiger partial charge >= 0.3 is 0 Å². The van der Waals surface area contributed by atoms with E-state index in [0.29, 0.717) is 36.2 Å². The summed E-state index contributed by atoms with van der Waals surface area (Å²) in [6.07, 6.45) is 13.9. The monoisotopic (exact) mass is 460 g/mol. The smallest absolute Gasteiger partial charge is 0.223 e. The van der Waals surface area contributed by atoms with Crippen LogP contribution in [0, 0.1) is 11.8 Å². The molecule has 3 aliphatic heterocycles. The second kappa shape index (κ2) is 8.88. The molecule has 6 nitrogen and oxygen atoms in total. The van der Waals surface area contributed by atoms with Crippen molar-refractivity contribution >= 4 is 16.8 Å². The molecule has 5 heterocycles. The Bertz CT molecular complexity index is 1170. The summed E-state index contributed by atoms with van der Waals surface area (Å²) in [7, 11) is 0. The largest absolute Gasteiger partial charge is 0.357 e. The summed E-state index contributed by atoms with van der Waals surface area (Å²) in [6.45, 7) is 6.10. The van der Waals surface area contributed by atoms with Crippen LogP contribution in [0.1, 0.15) is 65.0 Å². The highest BCUT2D eigenvalue weighted by Gasteiger charge is 2.48. The van der Waals surface area contributed by atoms with Crippen molar-refractivity contribution in [2.75, 3.05) is 6.61 Å². The second-order valence-corrected chi connectivity index (χ2v) is 11.0. The number of carbonyl (C=O) groups excluding carboxylic acids is 1. The molecule has 6 rings (SSSR count). The fourth-order valence-electron chi connectivity index (χ4n) is 6.52. The molecule has 0 saturated carbocycles. The van der Waals surface area contributed by atoms with Gasteiger partial charge in [0, 0.05) is 60.5 Å². The first-order chi connectivity index (χ1) is 16.6. The van der Waals surface area contributed by atoms with Gasteiger partial charge < -0.3 is 14.2 Å². The van der Waals surface area contributed by atoms with Crippen LogP contribution in [0.3, 0.4) is 0 Å². The van der Waals surface area contributed by atoms with Crippen LogP contribution < -0.4 is 0 Å². The van der Waals surface area contributed by atoms with Crippen molar-refractivity contribution in [1.82, 2.24) is 19.2 Å². The lowest BCUT2D eigenvalue weighted by atomic mass is 9.89. The van der Waals surface area contributed by atoms with Crippen LogP contribution in [0.4, 0.5) is 0 Å². The number of carbonyl (C=O) groups is 1. The number of aromatic nitrogens is 3. The van der Waals surface area contributed by atoms with E-state index in [-0.39, 0.29) is 6.23 Å². The Morgan fingerprint density at radius 1 is 1.15 bits per heavy atom. The lowest BCUT2D eigenvalue weighted by Gasteiger charge is -2.25. The normalized spacial score (nSPS) is 26.7. The quantitative estimate of drug-likeness (QED) is 0.479. The van der Waals surface area contributed by atoms with E-state index in [2.05, 4.69) is 65.1 Å². The fourth-order valence-corrected chi connectivity index (χ4v) is 6.52. The van der Waals surface area contributed by atoms with Gasteiger partial charge in [-0.05, 0) is 74.1 Å². The fraction of sp³-hybridized carbons (Fsp3) is 0.571. The van der Waals surface area contributed by atoms with Crippen molar-refractivity contribution in [3.05, 3.63) is 42.9 Å². The summed E-state index contributed by atoms with van der Waals surface area (Å²) in [4.78, 5) is 15.1. The maximum absolute atomic E-state index is 12.9. The van der Waals surface area contributed by atoms with Crippen LogP contribution in [-0.2, 0) is 16.1 Å². The van der Waals surface area contributed by atoms with Gasteiger partial charge in [-0.2, -0.15) is 5.10 Å². The van der Waals surface area contributed by atoms with Crippen molar-refractivity contribution in [3.63, 3.8) is 0 Å². The van der Waals surface area contributed by atoms with E-state index in [4.69, 9.17) is 4.74 Å². The summed E-state index contributed by atoms with van der Waals surface area (Å²) < 4.78 is 10.3. The van der Waals surface area contributed by atoms with Crippen LogP contribution in [0.2, 0.25) is 0 Å². The first kappa shape index (κ1) is 21.9. The highest BCUT2D eigenvalue weighted by atomic mass is 16.5. The van der Waals surface area contributed by atoms with E-state index < -0.39 is 0 Å². The van der Waals surface area contributed by atoms with E-state index in [1.165, 1.54) is 29.3 Å². The zero-order chi connectivity index (χ0) is 23.2. The van der Waals surface area contributed by atoms with E-state index >= 15 is 0 Å². The number of benzene rings is 1. The lowest BCUT2D eigenvalue weighted by molar-refractivity contribution is -0.133. The zero-order valence-electron chi connectivity index (χ0n) is 20.4. The topological polar surface area (TPSA) is 52.3 Å². The highest BCUT2D eigenvalue weighted by molar-refractivity contribution is 5.85. The Morgan fingerprint density at radius 2 is 2.06 bits per heavy atom. The minimum atomic E-state index is 0.0704. The summed E-state index contributed by atoms with van der Waals surface area (Å²) in [5, 5.41) is 5.84. The van der Waals surface area contributed by atoms with Crippen LogP contribution in [0.25, 0.3) is 22.0 Å². The van der Waals surface area contributed by atoms with Gasteiger partial charge in [0.2, 0.25) is 5.91 Å². The maximum atomic E-state index is 12.9. The van der Waals surface area contributed by atoms with Crippen LogP contribution in [0.15, 0.2) is 42.9 Å². The molecular weight excluding hydrogens is 424 g/mol. The van der Waals surface area contributed by atoms with Crippen molar-refractivity contribution in [2.45, 2.75) is 83.6 Å². The van der Waals surface area contributed by atoms with Gasteiger partial charge in [0.05, 0.1) is 6.20 Å². The third-order valence-electron chi connectivity index (χ3n) is 8.12. The molecule has 3 fully saturated rings. The molecule has 6 heteroatoms. The van der Waals surface area contributed by atoms with E-state index in [9.17, 15) is 4.79 Å². The molecule has 3 aliphatic rings. The van der Waals surface area contributed by atoms with Crippen molar-refractivity contribution in [1.29, 1.82) is 0 Å². The summed E-state index contributed by atoms with van der Waals surface area (Å²) >= 11 is 0. The number of ether oxygens (including phenoxy) is 1. The lowest BCUT2D eigenvalue weighted by Crippen LogP contribution is -2.37. The van der Waals surface area contributed by atoms with Gasteiger partial charge in [0.25, 0.3) is 0 Å². The molecule has 180 valence electrons. The molecule has 2 aromatic heterocycles. The molecule has 0 N–H and O–H groups in total. The van der Waals surface area contributed by atoms with Gasteiger partial charge in [-0.25, -0.2) is 4.68 Å². The van der Waals surface area contributed by atoms with E-state index in [1.807, 2.05) is 10.9 Å². The predicted molar refractivity (Wildman–Crippen MR) is 133 cm³/mol. The van der Waals surface area contributed by atoms with Crippen molar-refractivity contribution < 1.29 is 9.53 Å². The van der Waals surface area contributed by atoms with Gasteiger partial charge in [-0.15, -0.1) is 0 Å². The SMILES string of the molecule is CC(C)CC(=O)N1C2CCC1C(Cn1ccc3cc(-c4cnn(C5CCCCO5)c4)ccc31)C2. The van der Waals surface area contributed by atoms with Gasteiger partial charge in [-0.1, -0.05) is 19.9 Å². The second-order valence-electron chi connectivity index (χ2n) is 11.0. The van der Waals surface area contributed by atoms with E-state index in [0.717, 1.165) is 44.4 Å². The highest BCUT2D eigenvalue weighted by Crippen LogP contribution is 2.43. The molecular formula is C28H36N4O2. The Hall–Kier alpha value is -2.60. The van der Waals surface area contributed by atoms with Crippen LogP contribution in [0.5, 0.6) is 0 Å². The summed E-state index contributed by atoms with van der Waals surface area (Å²) in [5.41, 5.74) is 3.60. The molecule has 0 spiro atoms. The number of rotatable bonds is 6. The molecule has 2 bridgehead atoms. The van der Waals surface area contributed by atoms with Crippen LogP contribution >= 0.6 is 0 Å². The molecule has 0 radical (unpaired) electrons. The molecule has 34 heavy (non-hydrogen) atoms. The molecule has 1 aromatic carbocycles. The average molecular weight is 461 g/mol. The van der Waals surface area contributed by atoms with Gasteiger partial charge in [-0.3, -0.25) is 4.79 Å². The maximum Gasteiger partial charge on any atom is 0.223 e. The number of hydrogen-bond acceptors (Lipinski definition) is 3. The van der Waals surface area contributed by atoms with Crippen LogP contribution in [-0.4, -0.2) is 43.8 Å². The standard InChI is InChI=1S/C28H36N4O2/c1-19(2)13-27(33)32-24-7-9-26(32)22(15-24)17-30-11-10-21-14-20(6-8-25(21)30)23-16-29-31(18-23)28-5-3-4-12-34-28/h6,8,10-11,14,16,18-19,22,24,26,28H,3-5,7,9,12-13,15,17H2,1-2H3. The number of hydrogen-bond donors (Lipinski definition) is 0. The van der Waals surface area contributed by atoms with E-state index in [1.54, 1.807) is 0 Å². The Balaban J connectivity index is 1.18. The molecule has 4 unspecified atom stereocenters. The molecule has 0 aliphatic carbocycles. The molecule has 4 atom stereocenters. The Kier molecular flexibility index (Phi) is 5.72. The zero-order valence-corrected chi connectivity index (χ0v) is 20.4. The van der Waals surface area contributed by atoms with Gasteiger partial charge in [0.1, 0.15) is 6.23 Å². The first-order valence-corrected chi connectivity index (χ1v) is 13.1. The van der Waals surface area contributed by atoms with Crippen molar-refractivity contribution in [3.8, 4) is 11.1 Å². The minimum Gasteiger partial charge on any atom is -0.357 e. The number of nitrogens with zero attached hydrogens (tertiary/aromatic N) is 4. The Morgan fingerprint density at radius 3 is 2.88 bits per heavy atom. The molecule has 3 saturated heterocycles. The summed E-state index contributed by atoms with van der Waals surface area (Å²) in [5.74, 6) is 1.35. The third-order valence-corrected chi connectivity index (χ3v) is 8.12. The first-order valence-electron chi connectivity index (χ1n) is 13.1. The minimum absolute atomic E-state index is 0.0704. The molecule has 3 aromatic rings. The third kappa shape index (κ3) is 3.96. The predicted octanol–water partition coefficient (Wildman–Crippen LogP) is 5.63. The summed E-state index contributed by atoms with van der Waals surface area (Å²) in [6, 6.07) is 9.83. The average Bonchev–Trinajstić information content (AvgIpc) is 3.62. The Labute approximate surface area is 201 Å². The molecule has 1 amide bonds. The van der Waals surface area contributed by atoms with Crippen molar-refractivity contribution in [2.24, 2.45) is 11.8 Å².